The van der Waals surface area contributed by atoms with Crippen molar-refractivity contribution in [2.45, 2.75) is 59.0 Å². The molecule has 29 heavy (non-hydrogen) atoms. The Kier molecular flexibility index (Phi) is 11.3. The molecule has 1 aliphatic heterocycles. The Morgan fingerprint density at radius 3 is 2.48 bits per heavy atom. The second-order valence-corrected chi connectivity index (χ2v) is 7.24. The summed E-state index contributed by atoms with van der Waals surface area (Å²) in [5.74, 6) is 0.0980. The zero-order valence-corrected chi connectivity index (χ0v) is 19.9. The van der Waals surface area contributed by atoms with E-state index in [4.69, 9.17) is 0 Å². The van der Waals surface area contributed by atoms with Gasteiger partial charge >= 0.3 is 0 Å². The van der Waals surface area contributed by atoms with E-state index in [1.54, 1.807) is 6.07 Å². The van der Waals surface area contributed by atoms with Crippen LogP contribution in [0.1, 0.15) is 52.0 Å². The van der Waals surface area contributed by atoms with Crippen LogP contribution in [-0.2, 0) is 11.3 Å². The Balaban J connectivity index is 0.00000420. The quantitative estimate of drug-likeness (QED) is 0.292. The predicted octanol–water partition coefficient (Wildman–Crippen LogP) is 3.63. The van der Waals surface area contributed by atoms with Crippen LogP contribution in [0.25, 0.3) is 0 Å². The predicted molar refractivity (Wildman–Crippen MR) is 125 cm³/mol. The maximum absolute atomic E-state index is 13.5. The van der Waals surface area contributed by atoms with Gasteiger partial charge in [-0.3, -0.25) is 4.79 Å². The molecule has 0 radical (unpaired) electrons. The zero-order valence-electron chi connectivity index (χ0n) is 17.6. The average Bonchev–Trinajstić information content (AvgIpc) is 2.70. The number of aromatic hydroxyl groups is 1. The van der Waals surface area contributed by atoms with Crippen LogP contribution in [0.4, 0.5) is 4.39 Å². The fourth-order valence-electron chi connectivity index (χ4n) is 3.47. The van der Waals surface area contributed by atoms with Crippen molar-refractivity contribution in [3.8, 4) is 5.75 Å². The Labute approximate surface area is 190 Å². The second-order valence-electron chi connectivity index (χ2n) is 7.24. The topological polar surface area (TPSA) is 77.0 Å². The molecule has 0 bridgehead atoms. The number of nitrogens with one attached hydrogen (secondary N) is 2. The molecule has 0 aromatic heterocycles. The summed E-state index contributed by atoms with van der Waals surface area (Å²) < 4.78 is 13.5. The average molecular weight is 520 g/mol. The number of guanidine groups is 1. The lowest BCUT2D eigenvalue weighted by molar-refractivity contribution is -0.136. The van der Waals surface area contributed by atoms with Crippen LogP contribution >= 0.6 is 24.0 Å². The Hall–Kier alpha value is -1.58. The summed E-state index contributed by atoms with van der Waals surface area (Å²) in [6.07, 6.45) is 3.54. The molecular weight excluding hydrogens is 486 g/mol. The van der Waals surface area contributed by atoms with E-state index in [0.717, 1.165) is 45.3 Å². The summed E-state index contributed by atoms with van der Waals surface area (Å²) >= 11 is 0. The lowest BCUT2D eigenvalue weighted by atomic mass is 9.98. The van der Waals surface area contributed by atoms with E-state index in [-0.39, 0.29) is 47.6 Å². The highest BCUT2D eigenvalue weighted by Gasteiger charge is 2.26. The largest absolute Gasteiger partial charge is 0.505 e. The van der Waals surface area contributed by atoms with Gasteiger partial charge < -0.3 is 20.6 Å². The van der Waals surface area contributed by atoms with Gasteiger partial charge in [-0.1, -0.05) is 19.9 Å². The van der Waals surface area contributed by atoms with Crippen molar-refractivity contribution in [2.24, 2.45) is 10.9 Å². The summed E-state index contributed by atoms with van der Waals surface area (Å²) in [6, 6.07) is 4.55. The highest BCUT2D eigenvalue weighted by Crippen LogP contribution is 2.18. The standard InChI is InChI=1S/C21H33FN4O2.HI/c1-4-16(5-2)20(28)26-11-9-17(10-12-26)25-21(23-6-3)24-14-15-7-8-19(27)18(22)13-15;/h7-8,13,16-17,27H,4-6,9-12,14H2,1-3H3,(H2,23,24,25);1H. The number of amides is 1. The van der Waals surface area contributed by atoms with E-state index in [2.05, 4.69) is 29.5 Å². The number of benzene rings is 1. The maximum atomic E-state index is 13.5. The molecule has 6 nitrogen and oxygen atoms in total. The summed E-state index contributed by atoms with van der Waals surface area (Å²) in [5, 5.41) is 15.9. The van der Waals surface area contributed by atoms with E-state index < -0.39 is 5.82 Å². The first-order chi connectivity index (χ1) is 13.5. The van der Waals surface area contributed by atoms with Gasteiger partial charge in [0.2, 0.25) is 5.91 Å². The van der Waals surface area contributed by atoms with Crippen LogP contribution in [0.2, 0.25) is 0 Å². The van der Waals surface area contributed by atoms with Gasteiger partial charge in [0.1, 0.15) is 0 Å². The van der Waals surface area contributed by atoms with Crippen LogP contribution in [0.3, 0.4) is 0 Å². The molecule has 8 heteroatoms. The van der Waals surface area contributed by atoms with Crippen molar-refractivity contribution in [3.05, 3.63) is 29.6 Å². The molecule has 3 N–H and O–H groups in total. The van der Waals surface area contributed by atoms with Gasteiger partial charge in [-0.15, -0.1) is 24.0 Å². The van der Waals surface area contributed by atoms with Gasteiger partial charge in [0.05, 0.1) is 6.54 Å². The molecule has 1 heterocycles. The number of carbonyl (C=O) groups is 1. The second kappa shape index (κ2) is 12.9. The molecular formula is C21H34FIN4O2. The molecule has 1 aromatic carbocycles. The molecule has 1 aromatic rings. The first-order valence-electron chi connectivity index (χ1n) is 10.3. The van der Waals surface area contributed by atoms with Crippen LogP contribution in [0.15, 0.2) is 23.2 Å². The van der Waals surface area contributed by atoms with Crippen LogP contribution in [0, 0.1) is 11.7 Å². The van der Waals surface area contributed by atoms with E-state index in [0.29, 0.717) is 18.1 Å². The SMILES string of the molecule is CCNC(=NCc1ccc(O)c(F)c1)NC1CCN(C(=O)C(CC)CC)CC1.I. The first-order valence-corrected chi connectivity index (χ1v) is 10.3. The third-order valence-corrected chi connectivity index (χ3v) is 5.26. The lowest BCUT2D eigenvalue weighted by Crippen LogP contribution is -2.50. The van der Waals surface area contributed by atoms with Crippen molar-refractivity contribution >= 4 is 35.8 Å². The fourth-order valence-corrected chi connectivity index (χ4v) is 3.47. The maximum Gasteiger partial charge on any atom is 0.225 e. The Bertz CT molecular complexity index is 675. The van der Waals surface area contributed by atoms with Crippen LogP contribution < -0.4 is 10.6 Å². The van der Waals surface area contributed by atoms with Crippen LogP contribution in [-0.4, -0.2) is 47.5 Å². The van der Waals surface area contributed by atoms with Gasteiger partial charge in [-0.05, 0) is 50.3 Å². The number of aliphatic imine (C=N–C) groups is 1. The molecule has 0 atom stereocenters. The Morgan fingerprint density at radius 1 is 1.28 bits per heavy atom. The van der Waals surface area contributed by atoms with Gasteiger partial charge in [0.25, 0.3) is 0 Å². The minimum absolute atomic E-state index is 0. The number of piperidine rings is 1. The van der Waals surface area contributed by atoms with Crippen molar-refractivity contribution in [3.63, 3.8) is 0 Å². The number of rotatable bonds is 7. The third kappa shape index (κ3) is 7.64. The third-order valence-electron chi connectivity index (χ3n) is 5.26. The molecule has 1 saturated heterocycles. The first kappa shape index (κ1) is 25.5. The molecule has 2 rings (SSSR count). The number of phenolic OH excluding ortho intramolecular Hbond substituents is 1. The highest BCUT2D eigenvalue weighted by molar-refractivity contribution is 14.0. The molecule has 0 saturated carbocycles. The van der Waals surface area contributed by atoms with E-state index >= 15 is 0 Å². The molecule has 1 amide bonds. The molecule has 1 fully saturated rings. The number of hydrogen-bond donors (Lipinski definition) is 3. The number of carbonyl (C=O) groups excluding carboxylic acids is 1. The summed E-state index contributed by atoms with van der Waals surface area (Å²) in [6.45, 7) is 8.69. The molecule has 164 valence electrons. The lowest BCUT2D eigenvalue weighted by Gasteiger charge is -2.34. The van der Waals surface area contributed by atoms with E-state index in [1.165, 1.54) is 12.1 Å². The van der Waals surface area contributed by atoms with E-state index in [9.17, 15) is 14.3 Å². The van der Waals surface area contributed by atoms with E-state index in [1.807, 2.05) is 11.8 Å². The van der Waals surface area contributed by atoms with Gasteiger partial charge in [0.15, 0.2) is 17.5 Å². The normalized spacial score (nSPS) is 15.2. The molecule has 0 aliphatic carbocycles. The minimum Gasteiger partial charge on any atom is -0.505 e. The minimum atomic E-state index is -0.639. The molecule has 1 aliphatic rings. The summed E-state index contributed by atoms with van der Waals surface area (Å²) in [4.78, 5) is 19.0. The van der Waals surface area contributed by atoms with Crippen molar-refractivity contribution in [1.82, 2.24) is 15.5 Å². The van der Waals surface area contributed by atoms with Crippen molar-refractivity contribution < 1.29 is 14.3 Å². The van der Waals surface area contributed by atoms with Crippen molar-refractivity contribution in [2.75, 3.05) is 19.6 Å². The summed E-state index contributed by atoms with van der Waals surface area (Å²) in [5.41, 5.74) is 0.693. The van der Waals surface area contributed by atoms with Gasteiger partial charge in [-0.25, -0.2) is 9.38 Å². The van der Waals surface area contributed by atoms with Gasteiger partial charge in [-0.2, -0.15) is 0 Å². The molecule has 0 spiro atoms. The number of nitrogens with zero attached hydrogens (tertiary/aromatic N) is 2. The van der Waals surface area contributed by atoms with Crippen molar-refractivity contribution in [1.29, 1.82) is 0 Å². The highest BCUT2D eigenvalue weighted by atomic mass is 127. The number of phenols is 1. The number of hydrogen-bond acceptors (Lipinski definition) is 3. The van der Waals surface area contributed by atoms with Crippen LogP contribution in [0.5, 0.6) is 5.75 Å². The smallest absolute Gasteiger partial charge is 0.225 e. The number of likely N-dealkylation sites (tertiary alicyclic amines) is 1. The fraction of sp³-hybridized carbons (Fsp3) is 0.619. The zero-order chi connectivity index (χ0) is 20.5. The van der Waals surface area contributed by atoms with Gasteiger partial charge in [0, 0.05) is 31.6 Å². The Morgan fingerprint density at radius 2 is 1.93 bits per heavy atom. The molecule has 0 unspecified atom stereocenters. The number of halogens is 2. The monoisotopic (exact) mass is 520 g/mol. The summed E-state index contributed by atoms with van der Waals surface area (Å²) in [7, 11) is 0.